The molecule has 5 rings (SSSR count). The van der Waals surface area contributed by atoms with Crippen LogP contribution in [0.15, 0.2) is 58.9 Å². The van der Waals surface area contributed by atoms with E-state index >= 15 is 0 Å². The van der Waals surface area contributed by atoms with E-state index in [1.165, 1.54) is 28.7 Å². The number of para-hydroxylation sites is 2. The summed E-state index contributed by atoms with van der Waals surface area (Å²) in [5, 5.41) is 11.3. The summed E-state index contributed by atoms with van der Waals surface area (Å²) in [4.78, 5) is 41.2. The van der Waals surface area contributed by atoms with E-state index in [0.717, 1.165) is 17.8 Å². The highest BCUT2D eigenvalue weighted by Crippen LogP contribution is 2.31. The van der Waals surface area contributed by atoms with E-state index in [1.54, 1.807) is 4.90 Å². The Balaban J connectivity index is 1.14. The number of aromatic nitrogens is 2. The number of fused-ring (bicyclic) bond motifs is 1. The number of hydrogen-bond donors (Lipinski definition) is 1. The second-order valence-electron chi connectivity index (χ2n) is 7.82. The van der Waals surface area contributed by atoms with E-state index < -0.39 is 5.92 Å². The maximum atomic E-state index is 12.7. The number of carbonyl (C=O) groups excluding carboxylic acids is 3. The maximum Gasteiger partial charge on any atom is 0.237 e. The van der Waals surface area contributed by atoms with Gasteiger partial charge in [0.1, 0.15) is 0 Å². The lowest BCUT2D eigenvalue weighted by atomic mass is 10.1. The van der Waals surface area contributed by atoms with Crippen LogP contribution >= 0.6 is 23.1 Å². The van der Waals surface area contributed by atoms with E-state index in [9.17, 15) is 14.4 Å². The van der Waals surface area contributed by atoms with Crippen molar-refractivity contribution in [3.63, 3.8) is 0 Å². The number of nitrogens with one attached hydrogen (secondary N) is 1. The summed E-state index contributed by atoms with van der Waals surface area (Å²) in [5.41, 5.74) is 2.95. The van der Waals surface area contributed by atoms with Crippen molar-refractivity contribution in [1.29, 1.82) is 0 Å². The number of rotatable bonds is 6. The van der Waals surface area contributed by atoms with E-state index in [1.807, 2.05) is 59.5 Å². The molecule has 0 bridgehead atoms. The second kappa shape index (κ2) is 9.32. The Morgan fingerprint density at radius 3 is 2.73 bits per heavy atom. The van der Waals surface area contributed by atoms with Gasteiger partial charge in [0.15, 0.2) is 4.34 Å². The highest BCUT2D eigenvalue weighted by Gasteiger charge is 2.35. The number of amides is 3. The first-order valence-corrected chi connectivity index (χ1v) is 12.4. The van der Waals surface area contributed by atoms with Gasteiger partial charge in [-0.2, -0.15) is 0 Å². The molecule has 1 N–H and O–H groups in total. The lowest BCUT2D eigenvalue weighted by Gasteiger charge is -2.16. The van der Waals surface area contributed by atoms with Crippen LogP contribution in [0.5, 0.6) is 0 Å². The Bertz CT molecular complexity index is 1200. The van der Waals surface area contributed by atoms with Crippen LogP contribution in [-0.2, 0) is 20.8 Å². The van der Waals surface area contributed by atoms with Crippen molar-refractivity contribution >= 4 is 57.3 Å². The molecule has 3 amide bonds. The molecule has 3 aromatic rings. The summed E-state index contributed by atoms with van der Waals surface area (Å²) < 4.78 is 0.611. The Morgan fingerprint density at radius 2 is 1.88 bits per heavy atom. The fourth-order valence-corrected chi connectivity index (χ4v) is 5.70. The molecule has 2 aliphatic heterocycles. The zero-order valence-electron chi connectivity index (χ0n) is 17.6. The highest BCUT2D eigenvalue weighted by molar-refractivity contribution is 8.01. The minimum absolute atomic E-state index is 0.0243. The molecule has 168 valence electrons. The lowest BCUT2D eigenvalue weighted by molar-refractivity contribution is -0.122. The van der Waals surface area contributed by atoms with Crippen molar-refractivity contribution in [2.75, 3.05) is 34.0 Å². The van der Waals surface area contributed by atoms with Gasteiger partial charge >= 0.3 is 0 Å². The predicted octanol–water partition coefficient (Wildman–Crippen LogP) is 3.21. The summed E-state index contributed by atoms with van der Waals surface area (Å²) >= 11 is 2.54. The molecule has 0 radical (unpaired) electrons. The molecule has 2 aromatic carbocycles. The smallest absolute Gasteiger partial charge is 0.237 e. The minimum Gasteiger partial charge on any atom is -0.312 e. The molecule has 33 heavy (non-hydrogen) atoms. The minimum atomic E-state index is -0.450. The van der Waals surface area contributed by atoms with Gasteiger partial charge in [0.25, 0.3) is 0 Å². The van der Waals surface area contributed by atoms with Crippen molar-refractivity contribution in [3.05, 3.63) is 60.2 Å². The Hall–Kier alpha value is -3.24. The summed E-state index contributed by atoms with van der Waals surface area (Å²) in [6.45, 7) is 1.02. The van der Waals surface area contributed by atoms with Gasteiger partial charge in [0.05, 0.1) is 11.7 Å². The maximum absolute atomic E-state index is 12.7. The number of carbonyl (C=O) groups is 3. The summed E-state index contributed by atoms with van der Waals surface area (Å²) in [6, 6.07) is 17.3. The molecule has 1 atom stereocenters. The molecular formula is C23H21N5O3S2. The van der Waals surface area contributed by atoms with Crippen LogP contribution in [0.25, 0.3) is 0 Å². The Labute approximate surface area is 199 Å². The zero-order valence-corrected chi connectivity index (χ0v) is 19.3. The van der Waals surface area contributed by atoms with Gasteiger partial charge in [0, 0.05) is 30.9 Å². The largest absolute Gasteiger partial charge is 0.312 e. The molecule has 1 fully saturated rings. The quantitative estimate of drug-likeness (QED) is 0.431. The van der Waals surface area contributed by atoms with Crippen molar-refractivity contribution < 1.29 is 14.4 Å². The normalized spacial score (nSPS) is 17.3. The fraction of sp³-hybridized carbons (Fsp3) is 0.261. The number of hydrogen-bond acceptors (Lipinski definition) is 7. The first kappa shape index (κ1) is 21.6. The average molecular weight is 480 g/mol. The van der Waals surface area contributed by atoms with Crippen LogP contribution in [0.1, 0.15) is 12.0 Å². The van der Waals surface area contributed by atoms with Crippen molar-refractivity contribution in [2.24, 2.45) is 5.92 Å². The molecule has 8 nitrogen and oxygen atoms in total. The molecule has 3 heterocycles. The van der Waals surface area contributed by atoms with E-state index in [4.69, 9.17) is 0 Å². The van der Waals surface area contributed by atoms with E-state index in [2.05, 4.69) is 15.5 Å². The molecule has 1 saturated heterocycles. The molecule has 2 aliphatic rings. The van der Waals surface area contributed by atoms with Gasteiger partial charge in [-0.3, -0.25) is 14.4 Å². The van der Waals surface area contributed by atoms with Crippen molar-refractivity contribution in [3.8, 4) is 0 Å². The van der Waals surface area contributed by atoms with E-state index in [-0.39, 0.29) is 29.9 Å². The van der Waals surface area contributed by atoms with Crippen LogP contribution in [-0.4, -0.2) is 46.8 Å². The third kappa shape index (κ3) is 4.62. The van der Waals surface area contributed by atoms with Gasteiger partial charge in [0.2, 0.25) is 22.9 Å². The van der Waals surface area contributed by atoms with Gasteiger partial charge in [-0.05, 0) is 30.2 Å². The molecule has 0 aliphatic carbocycles. The van der Waals surface area contributed by atoms with Crippen LogP contribution in [0.2, 0.25) is 0 Å². The average Bonchev–Trinajstić information content (AvgIpc) is 3.56. The monoisotopic (exact) mass is 479 g/mol. The third-order valence-corrected chi connectivity index (χ3v) is 7.66. The van der Waals surface area contributed by atoms with Crippen LogP contribution in [0.4, 0.5) is 16.5 Å². The first-order chi connectivity index (χ1) is 16.1. The predicted molar refractivity (Wildman–Crippen MR) is 129 cm³/mol. The van der Waals surface area contributed by atoms with Crippen molar-refractivity contribution in [2.45, 2.75) is 17.2 Å². The molecule has 1 aromatic heterocycles. The molecule has 0 saturated carbocycles. The van der Waals surface area contributed by atoms with Crippen molar-refractivity contribution in [1.82, 2.24) is 10.2 Å². The van der Waals surface area contributed by atoms with Crippen LogP contribution < -0.4 is 15.1 Å². The Morgan fingerprint density at radius 1 is 1.09 bits per heavy atom. The molecule has 0 spiro atoms. The second-order valence-corrected chi connectivity index (χ2v) is 10.0. The van der Waals surface area contributed by atoms with Gasteiger partial charge < -0.3 is 15.1 Å². The summed E-state index contributed by atoms with van der Waals surface area (Å²) in [5.74, 6) is -0.498. The van der Waals surface area contributed by atoms with Gasteiger partial charge in [-0.25, -0.2) is 0 Å². The van der Waals surface area contributed by atoms with Crippen LogP contribution in [0.3, 0.4) is 0 Å². The zero-order chi connectivity index (χ0) is 22.8. The number of benzene rings is 2. The number of nitrogens with zero attached hydrogens (tertiary/aromatic N) is 4. The molecule has 0 unspecified atom stereocenters. The lowest BCUT2D eigenvalue weighted by Crippen LogP contribution is -2.30. The molecular weight excluding hydrogens is 458 g/mol. The fourth-order valence-electron chi connectivity index (χ4n) is 4.07. The summed E-state index contributed by atoms with van der Waals surface area (Å²) in [7, 11) is 0. The molecule has 10 heteroatoms. The van der Waals surface area contributed by atoms with Gasteiger partial charge in [-0.1, -0.05) is 59.5 Å². The topological polar surface area (TPSA) is 95.5 Å². The third-order valence-electron chi connectivity index (χ3n) is 5.71. The first-order valence-electron chi connectivity index (χ1n) is 10.6. The van der Waals surface area contributed by atoms with Gasteiger partial charge in [-0.15, -0.1) is 10.2 Å². The highest BCUT2D eigenvalue weighted by atomic mass is 32.2. The van der Waals surface area contributed by atoms with Crippen LogP contribution in [0, 0.1) is 5.92 Å². The standard InChI is InChI=1S/C23H21N5O3S2/c29-19-12-16(13-28(19)17-7-2-1-3-8-17)21(31)24-22-25-26-23(33-22)32-14-20(30)27-11-10-15-6-4-5-9-18(15)27/h1-9,16H,10-14H2,(H,24,25,31)/t16-/m0/s1. The summed E-state index contributed by atoms with van der Waals surface area (Å²) in [6.07, 6.45) is 1.03. The number of anilines is 3. The van der Waals surface area contributed by atoms with E-state index in [0.29, 0.717) is 22.6 Å². The Kier molecular flexibility index (Phi) is 6.10. The SMILES string of the molecule is O=C(Nc1nnc(SCC(=O)N2CCc3ccccc32)s1)[C@H]1CC(=O)N(c2ccccc2)C1. The number of thioether (sulfide) groups is 1.